The second kappa shape index (κ2) is 7.56. The number of fused-ring (bicyclic) bond motifs is 2. The average molecular weight is 384 g/mol. The van der Waals surface area contributed by atoms with Crippen LogP contribution in [0.4, 0.5) is 0 Å². The highest BCUT2D eigenvalue weighted by Gasteiger charge is 2.13. The van der Waals surface area contributed by atoms with Crippen molar-refractivity contribution in [2.75, 3.05) is 13.2 Å². The highest BCUT2D eigenvalue weighted by atomic mass is 32.2. The molecule has 2 aromatic carbocycles. The molecule has 0 saturated heterocycles. The normalized spacial score (nSPS) is 13.5. The topological polar surface area (TPSA) is 68.9 Å². The van der Waals surface area contributed by atoms with Gasteiger partial charge in [0.2, 0.25) is 0 Å². The lowest BCUT2D eigenvalue weighted by molar-refractivity contribution is 0.297. The number of ether oxygens (including phenoxy) is 2. The molecule has 5 nitrogen and oxygen atoms in total. The van der Waals surface area contributed by atoms with Gasteiger partial charge < -0.3 is 19.0 Å². The van der Waals surface area contributed by atoms with Crippen LogP contribution in [0.15, 0.2) is 50.5 Å². The quantitative estimate of drug-likeness (QED) is 0.527. The molecule has 0 amide bonds. The molecule has 0 saturated carbocycles. The first-order valence-electron chi connectivity index (χ1n) is 8.95. The molecule has 2 heterocycles. The van der Waals surface area contributed by atoms with Crippen LogP contribution in [0.5, 0.6) is 17.2 Å². The van der Waals surface area contributed by atoms with E-state index in [1.165, 1.54) is 12.1 Å². The van der Waals surface area contributed by atoms with Crippen LogP contribution in [0.25, 0.3) is 11.0 Å². The fourth-order valence-electron chi connectivity index (χ4n) is 3.10. The number of phenols is 1. The summed E-state index contributed by atoms with van der Waals surface area (Å²) in [5.41, 5.74) is 1.71. The minimum atomic E-state index is -0.416. The molecule has 0 spiro atoms. The molecule has 1 aliphatic heterocycles. The van der Waals surface area contributed by atoms with E-state index < -0.39 is 5.63 Å². The van der Waals surface area contributed by atoms with Crippen LogP contribution in [0.3, 0.4) is 0 Å². The first-order valence-corrected chi connectivity index (χ1v) is 9.93. The summed E-state index contributed by atoms with van der Waals surface area (Å²) in [6.07, 6.45) is 1.57. The Balaban J connectivity index is 1.64. The monoisotopic (exact) mass is 384 g/mol. The highest BCUT2D eigenvalue weighted by Crippen LogP contribution is 2.36. The van der Waals surface area contributed by atoms with Crippen molar-refractivity contribution in [3.8, 4) is 17.2 Å². The largest absolute Gasteiger partial charge is 0.508 e. The van der Waals surface area contributed by atoms with E-state index in [2.05, 4.69) is 0 Å². The van der Waals surface area contributed by atoms with Crippen molar-refractivity contribution in [1.29, 1.82) is 0 Å². The summed E-state index contributed by atoms with van der Waals surface area (Å²) < 4.78 is 16.7. The van der Waals surface area contributed by atoms with Crippen LogP contribution >= 0.6 is 11.8 Å². The predicted molar refractivity (Wildman–Crippen MR) is 105 cm³/mol. The Labute approximate surface area is 160 Å². The summed E-state index contributed by atoms with van der Waals surface area (Å²) in [5, 5.41) is 10.9. The molecule has 0 atom stereocenters. The summed E-state index contributed by atoms with van der Waals surface area (Å²) in [6, 6.07) is 10.8. The minimum absolute atomic E-state index is 0.154. The summed E-state index contributed by atoms with van der Waals surface area (Å²) in [4.78, 5) is 13.0. The Hall–Kier alpha value is -2.60. The fraction of sp³-hybridized carbons (Fsp3) is 0.286. The number of aryl methyl sites for hydroxylation is 1. The van der Waals surface area contributed by atoms with Gasteiger partial charge in [0.15, 0.2) is 11.5 Å². The molecule has 0 aliphatic carbocycles. The van der Waals surface area contributed by atoms with E-state index in [0.29, 0.717) is 31.0 Å². The number of benzene rings is 2. The molecule has 0 unspecified atom stereocenters. The van der Waals surface area contributed by atoms with Crippen LogP contribution in [-0.2, 0) is 12.2 Å². The maximum Gasteiger partial charge on any atom is 0.336 e. The fourth-order valence-corrected chi connectivity index (χ4v) is 4.02. The third-order valence-electron chi connectivity index (χ3n) is 4.52. The number of hydrogen-bond acceptors (Lipinski definition) is 6. The number of thioether (sulfide) groups is 1. The SMILES string of the molecule is CCc1cc2c(CSc3ccc4c(c3)OCCCO4)cc(=O)oc2cc1O. The van der Waals surface area contributed by atoms with Gasteiger partial charge in [0.05, 0.1) is 13.2 Å². The summed E-state index contributed by atoms with van der Waals surface area (Å²) >= 11 is 1.62. The van der Waals surface area contributed by atoms with Crippen LogP contribution in [-0.4, -0.2) is 18.3 Å². The maximum atomic E-state index is 11.9. The lowest BCUT2D eigenvalue weighted by Crippen LogP contribution is -2.00. The zero-order chi connectivity index (χ0) is 18.8. The Morgan fingerprint density at radius 3 is 2.67 bits per heavy atom. The van der Waals surface area contributed by atoms with Crippen LogP contribution in [0.1, 0.15) is 24.5 Å². The molecule has 27 heavy (non-hydrogen) atoms. The molecule has 1 aromatic heterocycles. The molecule has 6 heteroatoms. The zero-order valence-electron chi connectivity index (χ0n) is 15.0. The zero-order valence-corrected chi connectivity index (χ0v) is 15.8. The second-order valence-corrected chi connectivity index (χ2v) is 7.42. The van der Waals surface area contributed by atoms with E-state index in [9.17, 15) is 9.90 Å². The molecule has 1 aliphatic rings. The standard InChI is InChI=1S/C21H20O5S/c1-2-13-8-16-14(9-21(23)26-19(16)11-17(13)22)12-27-15-4-5-18-20(10-15)25-7-3-6-24-18/h4-5,8-11,22H,2-3,6-7,12H2,1H3. The molecular weight excluding hydrogens is 364 g/mol. The number of hydrogen-bond donors (Lipinski definition) is 1. The van der Waals surface area contributed by atoms with Crippen molar-refractivity contribution in [2.45, 2.75) is 30.4 Å². The molecular formula is C21H20O5S. The van der Waals surface area contributed by atoms with Crippen molar-refractivity contribution < 1.29 is 19.0 Å². The maximum absolute atomic E-state index is 11.9. The molecule has 3 aromatic rings. The van der Waals surface area contributed by atoms with Crippen molar-refractivity contribution in [3.63, 3.8) is 0 Å². The Kier molecular flexibility index (Phi) is 4.99. The van der Waals surface area contributed by atoms with Crippen molar-refractivity contribution in [3.05, 3.63) is 57.9 Å². The number of rotatable bonds is 4. The predicted octanol–water partition coefficient (Wildman–Crippen LogP) is 4.51. The lowest BCUT2D eigenvalue weighted by Gasteiger charge is -2.10. The van der Waals surface area contributed by atoms with Crippen molar-refractivity contribution in [2.24, 2.45) is 0 Å². The van der Waals surface area contributed by atoms with E-state index in [1.54, 1.807) is 11.8 Å². The minimum Gasteiger partial charge on any atom is -0.508 e. The van der Waals surface area contributed by atoms with E-state index in [4.69, 9.17) is 13.9 Å². The van der Waals surface area contributed by atoms with Gasteiger partial charge in [-0.3, -0.25) is 0 Å². The van der Waals surface area contributed by atoms with Crippen molar-refractivity contribution >= 4 is 22.7 Å². The van der Waals surface area contributed by atoms with Crippen LogP contribution in [0.2, 0.25) is 0 Å². The molecule has 4 rings (SSSR count). The third-order valence-corrected chi connectivity index (χ3v) is 5.57. The molecule has 140 valence electrons. The summed E-state index contributed by atoms with van der Waals surface area (Å²) in [7, 11) is 0. The van der Waals surface area contributed by atoms with Gasteiger partial charge in [0.1, 0.15) is 11.3 Å². The van der Waals surface area contributed by atoms with Gasteiger partial charge >= 0.3 is 5.63 Å². The van der Waals surface area contributed by atoms with Gasteiger partial charge in [-0.2, -0.15) is 0 Å². The van der Waals surface area contributed by atoms with Crippen LogP contribution in [0, 0.1) is 0 Å². The lowest BCUT2D eigenvalue weighted by atomic mass is 10.1. The molecule has 0 fully saturated rings. The Bertz CT molecular complexity index is 1040. The van der Waals surface area contributed by atoms with Gasteiger partial charge in [-0.1, -0.05) is 6.92 Å². The number of aromatic hydroxyl groups is 1. The van der Waals surface area contributed by atoms with Gasteiger partial charge in [-0.05, 0) is 41.8 Å². The second-order valence-electron chi connectivity index (χ2n) is 6.37. The first kappa shape index (κ1) is 17.8. The van der Waals surface area contributed by atoms with E-state index in [-0.39, 0.29) is 5.75 Å². The van der Waals surface area contributed by atoms with Gasteiger partial charge in [-0.25, -0.2) is 4.79 Å². The Morgan fingerprint density at radius 1 is 1.04 bits per heavy atom. The first-order chi connectivity index (χ1) is 13.1. The van der Waals surface area contributed by atoms with E-state index in [0.717, 1.165) is 39.3 Å². The van der Waals surface area contributed by atoms with Gasteiger partial charge in [0.25, 0.3) is 0 Å². The molecule has 0 bridgehead atoms. The smallest absolute Gasteiger partial charge is 0.336 e. The molecule has 1 N–H and O–H groups in total. The molecule has 0 radical (unpaired) electrons. The summed E-state index contributed by atoms with van der Waals surface area (Å²) in [5.74, 6) is 2.29. The highest BCUT2D eigenvalue weighted by molar-refractivity contribution is 7.98. The van der Waals surface area contributed by atoms with Crippen molar-refractivity contribution in [1.82, 2.24) is 0 Å². The number of phenolic OH excluding ortho intramolecular Hbond substituents is 1. The van der Waals surface area contributed by atoms with E-state index in [1.807, 2.05) is 31.2 Å². The van der Waals surface area contributed by atoms with Gasteiger partial charge in [0, 0.05) is 34.6 Å². The summed E-state index contributed by atoms with van der Waals surface area (Å²) in [6.45, 7) is 3.29. The van der Waals surface area contributed by atoms with Crippen LogP contribution < -0.4 is 15.1 Å². The average Bonchev–Trinajstić information content (AvgIpc) is 2.90. The Morgan fingerprint density at radius 2 is 1.85 bits per heavy atom. The van der Waals surface area contributed by atoms with Gasteiger partial charge in [-0.15, -0.1) is 11.8 Å². The van der Waals surface area contributed by atoms with E-state index >= 15 is 0 Å². The third kappa shape index (κ3) is 3.76.